The van der Waals surface area contributed by atoms with Crippen LogP contribution >= 0.6 is 0 Å². The Hall–Kier alpha value is -1.68. The molecule has 0 fully saturated rings. The minimum Gasteiger partial charge on any atom is -0.480 e. The number of benzene rings is 1. The van der Waals surface area contributed by atoms with Gasteiger partial charge in [-0.2, -0.15) is 0 Å². The molecule has 0 aliphatic rings. The van der Waals surface area contributed by atoms with Crippen molar-refractivity contribution in [2.24, 2.45) is 0 Å². The Morgan fingerprint density at radius 1 is 1.20 bits per heavy atom. The molecule has 0 saturated carbocycles. The van der Waals surface area contributed by atoms with Crippen LogP contribution in [0.25, 0.3) is 0 Å². The number of hydrogen-bond acceptors (Lipinski definition) is 3. The summed E-state index contributed by atoms with van der Waals surface area (Å²) in [6.45, 7) is 7.16. The molecule has 0 aromatic heterocycles. The third-order valence-corrected chi connectivity index (χ3v) is 3.38. The molecular weight excluding hydrogens is 254 g/mol. The molecule has 1 aromatic carbocycles. The van der Waals surface area contributed by atoms with Crippen molar-refractivity contribution in [1.29, 1.82) is 0 Å². The van der Waals surface area contributed by atoms with Gasteiger partial charge in [0.1, 0.15) is 11.8 Å². The first-order valence-electron chi connectivity index (χ1n) is 6.81. The lowest BCUT2D eigenvalue weighted by molar-refractivity contribution is -0.140. The Morgan fingerprint density at radius 2 is 1.75 bits per heavy atom. The number of carbonyl (C=O) groups excluding carboxylic acids is 1. The maximum absolute atomic E-state index is 12.3. The third-order valence-electron chi connectivity index (χ3n) is 3.38. The zero-order valence-corrected chi connectivity index (χ0v) is 12.5. The van der Waals surface area contributed by atoms with Crippen molar-refractivity contribution in [2.45, 2.75) is 51.6 Å². The van der Waals surface area contributed by atoms with Crippen LogP contribution in [0.5, 0.6) is 0 Å². The van der Waals surface area contributed by atoms with Crippen LogP contribution in [0, 0.1) is 0 Å². The molecule has 20 heavy (non-hydrogen) atoms. The average molecular weight is 277 g/mol. The van der Waals surface area contributed by atoms with Crippen molar-refractivity contribution < 1.29 is 14.7 Å². The Morgan fingerprint density at radius 3 is 2.25 bits per heavy atom. The van der Waals surface area contributed by atoms with Gasteiger partial charge in [-0.3, -0.25) is 14.9 Å². The predicted molar refractivity (Wildman–Crippen MR) is 78.8 cm³/mol. The number of hydrogen-bond donors (Lipinski definition) is 2. The summed E-state index contributed by atoms with van der Waals surface area (Å²) in [5.74, 6) is -0.995. The fraction of sp³-hybridized carbons (Fsp3) is 0.500. The molecule has 1 aromatic rings. The number of nitrogens with one attached hydrogen (secondary N) is 1. The highest BCUT2D eigenvalue weighted by atomic mass is 16.4. The van der Waals surface area contributed by atoms with E-state index in [1.807, 2.05) is 51.1 Å². The highest BCUT2D eigenvalue weighted by Crippen LogP contribution is 2.21. The third kappa shape index (κ3) is 4.78. The summed E-state index contributed by atoms with van der Waals surface area (Å²) in [5, 5.41) is 11.9. The molecule has 0 saturated heterocycles. The van der Waals surface area contributed by atoms with Crippen LogP contribution in [0.2, 0.25) is 0 Å². The van der Waals surface area contributed by atoms with Gasteiger partial charge in [0.2, 0.25) is 0 Å². The molecule has 0 heterocycles. The predicted octanol–water partition coefficient (Wildman–Crippen LogP) is 2.59. The van der Waals surface area contributed by atoms with Crippen molar-refractivity contribution in [3.05, 3.63) is 35.9 Å². The lowest BCUT2D eigenvalue weighted by Gasteiger charge is -2.29. The second-order valence-corrected chi connectivity index (χ2v) is 5.86. The zero-order chi connectivity index (χ0) is 15.3. The van der Waals surface area contributed by atoms with Crippen LogP contribution in [0.1, 0.15) is 45.6 Å². The van der Waals surface area contributed by atoms with Gasteiger partial charge in [0.05, 0.1) is 0 Å². The molecule has 0 amide bonds. The van der Waals surface area contributed by atoms with E-state index >= 15 is 0 Å². The van der Waals surface area contributed by atoms with Gasteiger partial charge in [0, 0.05) is 17.9 Å². The summed E-state index contributed by atoms with van der Waals surface area (Å²) in [4.78, 5) is 23.2. The van der Waals surface area contributed by atoms with Gasteiger partial charge in [0.25, 0.3) is 0 Å². The van der Waals surface area contributed by atoms with E-state index in [0.29, 0.717) is 6.42 Å². The van der Waals surface area contributed by atoms with E-state index in [9.17, 15) is 9.59 Å². The summed E-state index contributed by atoms with van der Waals surface area (Å²) in [7, 11) is 0. The largest absolute Gasteiger partial charge is 0.480 e. The first-order valence-corrected chi connectivity index (χ1v) is 6.81. The van der Waals surface area contributed by atoms with Crippen molar-refractivity contribution in [1.82, 2.24) is 5.32 Å². The normalized spacial score (nSPS) is 14.6. The van der Waals surface area contributed by atoms with Crippen molar-refractivity contribution in [2.75, 3.05) is 0 Å². The fourth-order valence-corrected chi connectivity index (χ4v) is 2.22. The van der Waals surface area contributed by atoms with E-state index in [-0.39, 0.29) is 11.7 Å². The zero-order valence-electron chi connectivity index (χ0n) is 12.5. The minimum atomic E-state index is -0.915. The second-order valence-electron chi connectivity index (χ2n) is 5.86. The average Bonchev–Trinajstić information content (AvgIpc) is 2.37. The summed E-state index contributed by atoms with van der Waals surface area (Å²) < 4.78 is 0. The number of Topliss-reactive ketones (excluding diaryl/α,β-unsaturated/α-hetero) is 1. The first kappa shape index (κ1) is 16.4. The summed E-state index contributed by atoms with van der Waals surface area (Å²) >= 11 is 0. The summed E-state index contributed by atoms with van der Waals surface area (Å²) in [6, 6.07) is 8.93. The van der Waals surface area contributed by atoms with Crippen LogP contribution in [-0.4, -0.2) is 28.4 Å². The molecule has 0 aliphatic heterocycles. The molecule has 0 spiro atoms. The standard InChI is InChI=1S/C16H23NO3/c1-11(13-8-6-5-7-9-13)14(18)10-16(3,4)17-12(2)15(19)20/h5-9,11-12,17H,10H2,1-4H3,(H,19,20). The number of aliphatic carboxylic acids is 1. The molecule has 2 atom stereocenters. The minimum absolute atomic E-state index is 0.103. The second kappa shape index (κ2) is 6.66. The number of carboxylic acid groups (broad SMARTS) is 1. The van der Waals surface area contributed by atoms with E-state index in [1.165, 1.54) is 0 Å². The van der Waals surface area contributed by atoms with Crippen LogP contribution in [0.15, 0.2) is 30.3 Å². The number of rotatable bonds is 7. The maximum Gasteiger partial charge on any atom is 0.320 e. The Kier molecular flexibility index (Phi) is 5.45. The highest BCUT2D eigenvalue weighted by molar-refractivity contribution is 5.86. The van der Waals surface area contributed by atoms with Crippen molar-refractivity contribution in [3.63, 3.8) is 0 Å². The van der Waals surface area contributed by atoms with Gasteiger partial charge in [-0.05, 0) is 26.3 Å². The quantitative estimate of drug-likeness (QED) is 0.804. The van der Waals surface area contributed by atoms with Gasteiger partial charge >= 0.3 is 5.97 Å². The Bertz CT molecular complexity index is 468. The van der Waals surface area contributed by atoms with Gasteiger partial charge in [-0.25, -0.2) is 0 Å². The monoisotopic (exact) mass is 277 g/mol. The number of ketones is 1. The van der Waals surface area contributed by atoms with Crippen LogP contribution in [-0.2, 0) is 9.59 Å². The number of carbonyl (C=O) groups is 2. The smallest absolute Gasteiger partial charge is 0.320 e. The van der Waals surface area contributed by atoms with Crippen LogP contribution in [0.3, 0.4) is 0 Å². The Labute approximate surface area is 120 Å². The SMILES string of the molecule is CC(NC(C)(C)CC(=O)C(C)c1ccccc1)C(=O)O. The molecule has 4 nitrogen and oxygen atoms in total. The van der Waals surface area contributed by atoms with Crippen molar-refractivity contribution >= 4 is 11.8 Å². The Balaban J connectivity index is 2.67. The van der Waals surface area contributed by atoms with E-state index < -0.39 is 17.6 Å². The molecular formula is C16H23NO3. The summed E-state index contributed by atoms with van der Waals surface area (Å²) in [6.07, 6.45) is 0.292. The van der Waals surface area contributed by atoms with E-state index in [0.717, 1.165) is 5.56 Å². The summed E-state index contributed by atoms with van der Waals surface area (Å²) in [5.41, 5.74) is 0.442. The highest BCUT2D eigenvalue weighted by Gasteiger charge is 2.28. The first-order chi connectivity index (χ1) is 9.23. The topological polar surface area (TPSA) is 66.4 Å². The molecule has 0 radical (unpaired) electrons. The molecule has 2 unspecified atom stereocenters. The van der Waals surface area contributed by atoms with Crippen LogP contribution in [0.4, 0.5) is 0 Å². The van der Waals surface area contributed by atoms with Gasteiger partial charge < -0.3 is 5.11 Å². The molecule has 1 rings (SSSR count). The van der Waals surface area contributed by atoms with Gasteiger partial charge in [-0.15, -0.1) is 0 Å². The number of carboxylic acids is 1. The lowest BCUT2D eigenvalue weighted by Crippen LogP contribution is -2.49. The molecule has 0 aliphatic carbocycles. The van der Waals surface area contributed by atoms with E-state index in [2.05, 4.69) is 5.32 Å². The molecule has 4 heteroatoms. The van der Waals surface area contributed by atoms with E-state index in [4.69, 9.17) is 5.11 Å². The molecule has 2 N–H and O–H groups in total. The molecule has 0 bridgehead atoms. The van der Waals surface area contributed by atoms with Crippen LogP contribution < -0.4 is 5.32 Å². The maximum atomic E-state index is 12.3. The van der Waals surface area contributed by atoms with Gasteiger partial charge in [-0.1, -0.05) is 37.3 Å². The lowest BCUT2D eigenvalue weighted by atomic mass is 9.87. The van der Waals surface area contributed by atoms with Crippen molar-refractivity contribution in [3.8, 4) is 0 Å². The fourth-order valence-electron chi connectivity index (χ4n) is 2.22. The van der Waals surface area contributed by atoms with E-state index in [1.54, 1.807) is 6.92 Å². The van der Waals surface area contributed by atoms with Gasteiger partial charge in [0.15, 0.2) is 0 Å². The molecule has 110 valence electrons.